The molecule has 4 nitrogen and oxygen atoms in total. The fourth-order valence-corrected chi connectivity index (χ4v) is 1.93. The number of rotatable bonds is 5. The first-order chi connectivity index (χ1) is 8.22. The van der Waals surface area contributed by atoms with E-state index in [1.165, 1.54) is 5.52 Å². The molecule has 92 valence electrons. The van der Waals surface area contributed by atoms with E-state index >= 15 is 0 Å². The number of hydrogen-bond donors (Lipinski definition) is 2. The molecule has 1 aromatic heterocycles. The topological polar surface area (TPSA) is 55.9 Å². The van der Waals surface area contributed by atoms with Gasteiger partial charge in [-0.1, -0.05) is 0 Å². The van der Waals surface area contributed by atoms with Gasteiger partial charge in [0.15, 0.2) is 0 Å². The fourth-order valence-electron chi connectivity index (χ4n) is 1.93. The molecule has 0 saturated carbocycles. The molecule has 17 heavy (non-hydrogen) atoms. The predicted molar refractivity (Wildman–Crippen MR) is 72.2 cm³/mol. The summed E-state index contributed by atoms with van der Waals surface area (Å²) in [6.45, 7) is 3.75. The van der Waals surface area contributed by atoms with E-state index < -0.39 is 0 Å². The zero-order chi connectivity index (χ0) is 12.3. The highest BCUT2D eigenvalue weighted by atomic mass is 15.0. The maximum Gasteiger partial charge on any atom is 0.106 e. The molecular formula is C13H20N4. The van der Waals surface area contributed by atoms with Crippen LogP contribution < -0.4 is 11.1 Å². The van der Waals surface area contributed by atoms with Crippen molar-refractivity contribution in [1.82, 2.24) is 9.55 Å². The third-order valence-corrected chi connectivity index (χ3v) is 3.06. The largest absolute Gasteiger partial charge is 0.385 e. The number of nitrogens with one attached hydrogen (secondary N) is 1. The third-order valence-electron chi connectivity index (χ3n) is 3.06. The van der Waals surface area contributed by atoms with E-state index in [0.29, 0.717) is 0 Å². The van der Waals surface area contributed by atoms with Crippen LogP contribution in [0.3, 0.4) is 0 Å². The summed E-state index contributed by atoms with van der Waals surface area (Å²) in [5.74, 6) is 1.04. The van der Waals surface area contributed by atoms with E-state index in [0.717, 1.165) is 43.0 Å². The van der Waals surface area contributed by atoms with Gasteiger partial charge in [0, 0.05) is 19.3 Å². The number of hydrogen-bond acceptors (Lipinski definition) is 3. The molecule has 0 aliphatic carbocycles. The van der Waals surface area contributed by atoms with Crippen molar-refractivity contribution < 1.29 is 0 Å². The molecule has 0 radical (unpaired) electrons. The molecule has 1 heterocycles. The highest BCUT2D eigenvalue weighted by Crippen LogP contribution is 2.19. The van der Waals surface area contributed by atoms with Crippen LogP contribution in [0.2, 0.25) is 0 Å². The Morgan fingerprint density at radius 1 is 1.35 bits per heavy atom. The summed E-state index contributed by atoms with van der Waals surface area (Å²) in [6.07, 6.45) is 2.17. The van der Waals surface area contributed by atoms with E-state index in [4.69, 9.17) is 5.73 Å². The molecule has 0 amide bonds. The zero-order valence-electron chi connectivity index (χ0n) is 10.5. The first-order valence-electron chi connectivity index (χ1n) is 6.09. The summed E-state index contributed by atoms with van der Waals surface area (Å²) in [5, 5.41) is 3.40. The van der Waals surface area contributed by atoms with Gasteiger partial charge in [0.2, 0.25) is 0 Å². The van der Waals surface area contributed by atoms with Crippen LogP contribution in [0.4, 0.5) is 5.69 Å². The second-order valence-corrected chi connectivity index (χ2v) is 4.34. The van der Waals surface area contributed by atoms with Crippen molar-refractivity contribution in [1.29, 1.82) is 0 Å². The minimum Gasteiger partial charge on any atom is -0.385 e. The molecule has 0 saturated heterocycles. The first kappa shape index (κ1) is 11.9. The van der Waals surface area contributed by atoms with Crippen LogP contribution in [-0.4, -0.2) is 22.6 Å². The molecule has 0 atom stereocenters. The first-order valence-corrected chi connectivity index (χ1v) is 6.09. The Labute approximate surface area is 102 Å². The SMILES string of the molecule is Cc1nc2cc(NCCCCN)ccc2n1C. The quantitative estimate of drug-likeness (QED) is 0.776. The second kappa shape index (κ2) is 5.19. The zero-order valence-corrected chi connectivity index (χ0v) is 10.5. The van der Waals surface area contributed by atoms with E-state index in [9.17, 15) is 0 Å². The maximum atomic E-state index is 5.46. The van der Waals surface area contributed by atoms with Gasteiger partial charge in [-0.05, 0) is 44.5 Å². The second-order valence-electron chi connectivity index (χ2n) is 4.34. The number of anilines is 1. The molecule has 1 aromatic carbocycles. The Morgan fingerprint density at radius 2 is 2.18 bits per heavy atom. The Morgan fingerprint density at radius 3 is 2.94 bits per heavy atom. The molecule has 0 spiro atoms. The summed E-state index contributed by atoms with van der Waals surface area (Å²) in [7, 11) is 2.04. The third kappa shape index (κ3) is 2.58. The van der Waals surface area contributed by atoms with Gasteiger partial charge < -0.3 is 15.6 Å². The predicted octanol–water partition coefficient (Wildman–Crippen LogP) is 2.03. The Balaban J connectivity index is 2.09. The number of benzene rings is 1. The van der Waals surface area contributed by atoms with Gasteiger partial charge in [-0.3, -0.25) is 0 Å². The number of imidazole rings is 1. The molecular weight excluding hydrogens is 212 g/mol. The highest BCUT2D eigenvalue weighted by Gasteiger charge is 2.04. The van der Waals surface area contributed by atoms with E-state index in [1.54, 1.807) is 0 Å². The summed E-state index contributed by atoms with van der Waals surface area (Å²) in [4.78, 5) is 4.52. The molecule has 0 unspecified atom stereocenters. The van der Waals surface area contributed by atoms with Crippen LogP contribution in [0.15, 0.2) is 18.2 Å². The standard InChI is InChI=1S/C13H20N4/c1-10-16-12-9-11(15-8-4-3-7-14)5-6-13(12)17(10)2/h5-6,9,15H,3-4,7-8,14H2,1-2H3. The van der Waals surface area contributed by atoms with Gasteiger partial charge in [0.25, 0.3) is 0 Å². The van der Waals surface area contributed by atoms with Gasteiger partial charge in [-0.2, -0.15) is 0 Å². The van der Waals surface area contributed by atoms with E-state index in [1.807, 2.05) is 14.0 Å². The maximum absolute atomic E-state index is 5.46. The van der Waals surface area contributed by atoms with Crippen molar-refractivity contribution in [3.8, 4) is 0 Å². The molecule has 4 heteroatoms. The number of unbranched alkanes of at least 4 members (excludes halogenated alkanes) is 1. The Hall–Kier alpha value is -1.55. The number of nitrogens with two attached hydrogens (primary N) is 1. The lowest BCUT2D eigenvalue weighted by Gasteiger charge is -2.05. The van der Waals surface area contributed by atoms with Crippen molar-refractivity contribution in [2.75, 3.05) is 18.4 Å². The van der Waals surface area contributed by atoms with Gasteiger partial charge >= 0.3 is 0 Å². The van der Waals surface area contributed by atoms with Gasteiger partial charge in [0.1, 0.15) is 5.82 Å². The van der Waals surface area contributed by atoms with E-state index in [-0.39, 0.29) is 0 Å². The van der Waals surface area contributed by atoms with E-state index in [2.05, 4.69) is 33.1 Å². The van der Waals surface area contributed by atoms with Gasteiger partial charge in [-0.15, -0.1) is 0 Å². The van der Waals surface area contributed by atoms with Crippen molar-refractivity contribution >= 4 is 16.7 Å². The molecule has 0 aliphatic heterocycles. The fraction of sp³-hybridized carbons (Fsp3) is 0.462. The summed E-state index contributed by atoms with van der Waals surface area (Å²) >= 11 is 0. The number of nitrogens with zero attached hydrogens (tertiary/aromatic N) is 2. The van der Waals surface area contributed by atoms with Crippen LogP contribution in [0.1, 0.15) is 18.7 Å². The minimum absolute atomic E-state index is 0.764. The van der Waals surface area contributed by atoms with Crippen LogP contribution in [0.25, 0.3) is 11.0 Å². The molecule has 2 aromatic rings. The lowest BCUT2D eigenvalue weighted by Crippen LogP contribution is -2.05. The van der Waals surface area contributed by atoms with Crippen molar-refractivity contribution in [3.63, 3.8) is 0 Å². The van der Waals surface area contributed by atoms with Gasteiger partial charge in [0.05, 0.1) is 11.0 Å². The van der Waals surface area contributed by atoms with Crippen molar-refractivity contribution in [2.45, 2.75) is 19.8 Å². The molecule has 0 fully saturated rings. The van der Waals surface area contributed by atoms with Crippen LogP contribution in [0, 0.1) is 6.92 Å². The van der Waals surface area contributed by atoms with Crippen molar-refractivity contribution in [3.05, 3.63) is 24.0 Å². The van der Waals surface area contributed by atoms with Crippen LogP contribution in [0.5, 0.6) is 0 Å². The lowest BCUT2D eigenvalue weighted by molar-refractivity contribution is 0.774. The van der Waals surface area contributed by atoms with Crippen LogP contribution in [-0.2, 0) is 7.05 Å². The highest BCUT2D eigenvalue weighted by molar-refractivity contribution is 5.80. The summed E-state index contributed by atoms with van der Waals surface area (Å²) < 4.78 is 2.10. The normalized spacial score (nSPS) is 11.0. The summed E-state index contributed by atoms with van der Waals surface area (Å²) in [6, 6.07) is 6.32. The Kier molecular flexibility index (Phi) is 3.64. The molecule has 3 N–H and O–H groups in total. The average molecular weight is 232 g/mol. The molecule has 0 bridgehead atoms. The number of fused-ring (bicyclic) bond motifs is 1. The number of aryl methyl sites for hydroxylation is 2. The smallest absolute Gasteiger partial charge is 0.106 e. The number of aromatic nitrogens is 2. The molecule has 0 aliphatic rings. The molecule has 2 rings (SSSR count). The summed E-state index contributed by atoms with van der Waals surface area (Å²) in [5.41, 5.74) is 8.82. The van der Waals surface area contributed by atoms with Gasteiger partial charge in [-0.25, -0.2) is 4.98 Å². The van der Waals surface area contributed by atoms with Crippen molar-refractivity contribution in [2.24, 2.45) is 12.8 Å². The van der Waals surface area contributed by atoms with Crippen LogP contribution >= 0.6 is 0 Å². The minimum atomic E-state index is 0.764. The average Bonchev–Trinajstić information content (AvgIpc) is 2.61. The Bertz CT molecular complexity index is 501. The monoisotopic (exact) mass is 232 g/mol. The lowest BCUT2D eigenvalue weighted by atomic mass is 10.2.